The van der Waals surface area contributed by atoms with Gasteiger partial charge in [0, 0.05) is 5.69 Å². The Labute approximate surface area is 157 Å². The summed E-state index contributed by atoms with van der Waals surface area (Å²) in [5, 5.41) is 19.6. The normalized spacial score (nSPS) is 16.4. The van der Waals surface area contributed by atoms with E-state index in [1.54, 1.807) is 18.2 Å². The summed E-state index contributed by atoms with van der Waals surface area (Å²) in [6.45, 7) is -0.0425. The van der Waals surface area contributed by atoms with Gasteiger partial charge in [0.1, 0.15) is 0 Å². The van der Waals surface area contributed by atoms with E-state index in [4.69, 9.17) is 10.2 Å². The number of benzene rings is 2. The number of aromatic carboxylic acids is 2. The lowest BCUT2D eigenvalue weighted by Gasteiger charge is -2.15. The molecule has 2 aromatic rings. The zero-order valence-corrected chi connectivity index (χ0v) is 14.6. The highest BCUT2D eigenvalue weighted by atomic mass is 32.2. The lowest BCUT2D eigenvalue weighted by molar-refractivity contribution is -0.126. The van der Waals surface area contributed by atoms with E-state index in [1.807, 2.05) is 0 Å². The zero-order chi connectivity index (χ0) is 19.6. The summed E-state index contributed by atoms with van der Waals surface area (Å²) in [4.78, 5) is 47.9. The molecule has 2 aromatic carbocycles. The molecule has 0 unspecified atom stereocenters. The van der Waals surface area contributed by atoms with E-state index in [9.17, 15) is 19.2 Å². The summed E-state index contributed by atoms with van der Waals surface area (Å²) in [5.74, 6) is -2.67. The number of imide groups is 1. The Morgan fingerprint density at radius 1 is 1.00 bits per heavy atom. The van der Waals surface area contributed by atoms with Gasteiger partial charge in [-0.05, 0) is 47.7 Å². The Balaban J connectivity index is 1.73. The Kier molecular flexibility index (Phi) is 5.13. The highest BCUT2D eigenvalue weighted by Gasteiger charge is 2.39. The van der Waals surface area contributed by atoms with Crippen LogP contribution in [0, 0.1) is 0 Å². The van der Waals surface area contributed by atoms with Gasteiger partial charge in [-0.2, -0.15) is 0 Å². The molecule has 138 valence electrons. The van der Waals surface area contributed by atoms with E-state index in [0.717, 1.165) is 16.7 Å². The summed E-state index contributed by atoms with van der Waals surface area (Å²) in [6, 6.07) is 11.9. The van der Waals surface area contributed by atoms with Crippen molar-refractivity contribution >= 4 is 40.5 Å². The van der Waals surface area contributed by atoms with Crippen LogP contribution in [-0.2, 0) is 11.3 Å². The molecule has 27 heavy (non-hydrogen) atoms. The third kappa shape index (κ3) is 4.09. The van der Waals surface area contributed by atoms with E-state index >= 15 is 0 Å². The number of nitrogens with one attached hydrogen (secondary N) is 1. The van der Waals surface area contributed by atoms with Crippen molar-refractivity contribution in [2.45, 2.75) is 11.9 Å². The number of thioether (sulfide) groups is 1. The SMILES string of the molecule is O=C(O)c1cccc(CN2C(=O)S[C@@H](Nc3cccc(C(=O)O)c3)C2=O)c1. The number of hydrogen-bond donors (Lipinski definition) is 3. The van der Waals surface area contributed by atoms with Crippen LogP contribution in [0.4, 0.5) is 10.5 Å². The highest BCUT2D eigenvalue weighted by Crippen LogP contribution is 2.30. The van der Waals surface area contributed by atoms with Crippen molar-refractivity contribution < 1.29 is 29.4 Å². The smallest absolute Gasteiger partial charge is 0.335 e. The number of carbonyl (C=O) groups is 4. The van der Waals surface area contributed by atoms with Crippen LogP contribution in [0.1, 0.15) is 26.3 Å². The first-order valence-electron chi connectivity index (χ1n) is 7.79. The summed E-state index contributed by atoms with van der Waals surface area (Å²) in [5.41, 5.74) is 1.05. The first kappa shape index (κ1) is 18.5. The molecule has 0 spiro atoms. The van der Waals surface area contributed by atoms with Crippen molar-refractivity contribution in [2.24, 2.45) is 0 Å². The monoisotopic (exact) mass is 386 g/mol. The fourth-order valence-corrected chi connectivity index (χ4v) is 3.47. The fourth-order valence-electron chi connectivity index (χ4n) is 2.56. The number of anilines is 1. The Morgan fingerprint density at radius 2 is 1.63 bits per heavy atom. The van der Waals surface area contributed by atoms with Crippen LogP contribution in [0.3, 0.4) is 0 Å². The molecule has 8 nitrogen and oxygen atoms in total. The summed E-state index contributed by atoms with van der Waals surface area (Å²) in [6.07, 6.45) is 0. The van der Waals surface area contributed by atoms with Gasteiger partial charge in [-0.3, -0.25) is 14.5 Å². The van der Waals surface area contributed by atoms with Crippen molar-refractivity contribution in [2.75, 3.05) is 5.32 Å². The van der Waals surface area contributed by atoms with E-state index in [-0.39, 0.29) is 17.7 Å². The molecule has 0 saturated carbocycles. The lowest BCUT2D eigenvalue weighted by atomic mass is 10.1. The maximum atomic E-state index is 12.6. The predicted molar refractivity (Wildman–Crippen MR) is 97.8 cm³/mol. The summed E-state index contributed by atoms with van der Waals surface area (Å²) in [7, 11) is 0. The van der Waals surface area contributed by atoms with Gasteiger partial charge in [0.05, 0.1) is 17.7 Å². The minimum atomic E-state index is -1.10. The van der Waals surface area contributed by atoms with Gasteiger partial charge in [-0.15, -0.1) is 0 Å². The molecule has 1 aliphatic heterocycles. The number of carboxylic acid groups (broad SMARTS) is 2. The molecule has 3 rings (SSSR count). The van der Waals surface area contributed by atoms with Crippen LogP contribution in [0.25, 0.3) is 0 Å². The minimum Gasteiger partial charge on any atom is -0.478 e. The van der Waals surface area contributed by atoms with Crippen molar-refractivity contribution in [3.05, 3.63) is 65.2 Å². The second kappa shape index (κ2) is 7.50. The van der Waals surface area contributed by atoms with Crippen molar-refractivity contribution in [1.29, 1.82) is 0 Å². The molecule has 0 bridgehead atoms. The molecule has 0 aliphatic carbocycles. The number of carboxylic acids is 2. The van der Waals surface area contributed by atoms with Crippen LogP contribution in [0.15, 0.2) is 48.5 Å². The lowest BCUT2D eigenvalue weighted by Crippen LogP contribution is -2.34. The van der Waals surface area contributed by atoms with Gasteiger partial charge in [0.2, 0.25) is 0 Å². The third-order valence-corrected chi connectivity index (χ3v) is 4.83. The molecular weight excluding hydrogens is 372 g/mol. The summed E-state index contributed by atoms with van der Waals surface area (Å²) >= 11 is 0.783. The second-order valence-corrected chi connectivity index (χ2v) is 6.78. The molecule has 1 atom stereocenters. The Hall–Kier alpha value is -3.33. The van der Waals surface area contributed by atoms with Gasteiger partial charge in [-0.25, -0.2) is 9.59 Å². The van der Waals surface area contributed by atoms with E-state index in [1.165, 1.54) is 30.3 Å². The maximum absolute atomic E-state index is 12.6. The molecule has 1 saturated heterocycles. The maximum Gasteiger partial charge on any atom is 0.335 e. The van der Waals surface area contributed by atoms with Crippen LogP contribution < -0.4 is 5.32 Å². The number of hydrogen-bond acceptors (Lipinski definition) is 6. The fraction of sp³-hybridized carbons (Fsp3) is 0.111. The predicted octanol–water partition coefficient (Wildman–Crippen LogP) is 2.72. The first-order valence-corrected chi connectivity index (χ1v) is 8.67. The van der Waals surface area contributed by atoms with E-state index < -0.39 is 28.5 Å². The van der Waals surface area contributed by atoms with Gasteiger partial charge in [0.15, 0.2) is 5.37 Å². The molecule has 3 N–H and O–H groups in total. The Bertz CT molecular complexity index is 945. The average molecular weight is 386 g/mol. The quantitative estimate of drug-likeness (QED) is 0.692. The molecule has 1 aliphatic rings. The van der Waals surface area contributed by atoms with E-state index in [2.05, 4.69) is 5.32 Å². The van der Waals surface area contributed by atoms with Crippen LogP contribution in [-0.4, -0.2) is 43.6 Å². The molecule has 2 amide bonds. The number of amides is 2. The molecule has 9 heteroatoms. The standard InChI is InChI=1S/C18H14N2O6S/c21-15-14(19-13-6-2-5-12(8-13)17(24)25)27-18(26)20(15)9-10-3-1-4-11(7-10)16(22)23/h1-8,14,19H,9H2,(H,22,23)(H,24,25)/t14-/m1/s1. The first-order chi connectivity index (χ1) is 12.8. The van der Waals surface area contributed by atoms with Crippen LogP contribution in [0.5, 0.6) is 0 Å². The van der Waals surface area contributed by atoms with Gasteiger partial charge >= 0.3 is 11.9 Å². The van der Waals surface area contributed by atoms with Gasteiger partial charge in [0.25, 0.3) is 11.1 Å². The average Bonchev–Trinajstić information content (AvgIpc) is 2.89. The van der Waals surface area contributed by atoms with Crippen molar-refractivity contribution in [3.8, 4) is 0 Å². The van der Waals surface area contributed by atoms with Gasteiger partial charge < -0.3 is 15.5 Å². The second-order valence-electron chi connectivity index (χ2n) is 5.72. The van der Waals surface area contributed by atoms with Crippen LogP contribution >= 0.6 is 11.8 Å². The Morgan fingerprint density at radius 3 is 2.30 bits per heavy atom. The van der Waals surface area contributed by atoms with Crippen molar-refractivity contribution in [3.63, 3.8) is 0 Å². The molecule has 1 fully saturated rings. The third-order valence-electron chi connectivity index (χ3n) is 3.85. The minimum absolute atomic E-state index is 0.0425. The topological polar surface area (TPSA) is 124 Å². The van der Waals surface area contributed by atoms with Gasteiger partial charge in [-0.1, -0.05) is 18.2 Å². The molecule has 0 aromatic heterocycles. The number of nitrogens with zero attached hydrogens (tertiary/aromatic N) is 1. The molecule has 1 heterocycles. The van der Waals surface area contributed by atoms with Crippen molar-refractivity contribution in [1.82, 2.24) is 4.90 Å². The van der Waals surface area contributed by atoms with E-state index in [0.29, 0.717) is 11.3 Å². The highest BCUT2D eigenvalue weighted by molar-refractivity contribution is 8.15. The summed E-state index contributed by atoms with van der Waals surface area (Å²) < 4.78 is 0. The zero-order valence-electron chi connectivity index (χ0n) is 13.8. The number of rotatable bonds is 6. The van der Waals surface area contributed by atoms with Crippen LogP contribution in [0.2, 0.25) is 0 Å². The number of carbonyl (C=O) groups excluding carboxylic acids is 2. The molecule has 0 radical (unpaired) electrons. The largest absolute Gasteiger partial charge is 0.478 e. The molecular formula is C18H14N2O6S.